The van der Waals surface area contributed by atoms with Crippen molar-refractivity contribution in [2.45, 2.75) is 0 Å². The molecular weight excluding hydrogens is 234 g/mol. The highest BCUT2D eigenvalue weighted by atomic mass is 32.1. The van der Waals surface area contributed by atoms with Crippen LogP contribution in [0.4, 0.5) is 16.2 Å². The summed E-state index contributed by atoms with van der Waals surface area (Å²) in [6.45, 7) is 0. The van der Waals surface area contributed by atoms with Gasteiger partial charge in [0.15, 0.2) is 0 Å². The molecule has 0 aliphatic heterocycles. The number of amides is 2. The van der Waals surface area contributed by atoms with Gasteiger partial charge in [0.25, 0.3) is 5.69 Å². The molecule has 7 nitrogen and oxygen atoms in total. The number of nitrogens with zero attached hydrogens (tertiary/aromatic N) is 2. The molecule has 0 saturated heterocycles. The number of hydrogen-bond donors (Lipinski definition) is 2. The Morgan fingerprint density at radius 2 is 2.25 bits per heavy atom. The molecule has 2 amide bonds. The van der Waals surface area contributed by atoms with Gasteiger partial charge in [0.1, 0.15) is 11.4 Å². The number of rotatable bonds is 3. The van der Waals surface area contributed by atoms with Gasteiger partial charge in [0, 0.05) is 12.1 Å². The van der Waals surface area contributed by atoms with Crippen LogP contribution in [-0.2, 0) is 0 Å². The summed E-state index contributed by atoms with van der Waals surface area (Å²) in [5.74, 6) is 0.263. The van der Waals surface area contributed by atoms with Gasteiger partial charge in [-0.3, -0.25) is 10.1 Å². The summed E-state index contributed by atoms with van der Waals surface area (Å²) in [5.41, 5.74) is 4.94. The molecule has 0 saturated carbocycles. The second-order valence-corrected chi connectivity index (χ2v) is 3.16. The van der Waals surface area contributed by atoms with Crippen LogP contribution in [0.3, 0.4) is 0 Å². The molecule has 1 rings (SSSR count). The molecule has 0 unspecified atom stereocenters. The number of anilines is 1. The number of non-ortho nitro benzene ring substituents is 1. The van der Waals surface area contributed by atoms with E-state index >= 15 is 0 Å². The van der Waals surface area contributed by atoms with E-state index < -0.39 is 11.0 Å². The zero-order valence-electron chi connectivity index (χ0n) is 8.28. The van der Waals surface area contributed by atoms with Crippen LogP contribution in [0.2, 0.25) is 0 Å². The third-order valence-electron chi connectivity index (χ3n) is 1.81. The number of benzene rings is 1. The molecule has 86 valence electrons. The fraction of sp³-hybridized carbons (Fsp3) is 0.125. The molecule has 0 aromatic heterocycles. The van der Waals surface area contributed by atoms with Crippen molar-refractivity contribution in [3.8, 4) is 5.75 Å². The number of nitrogens with two attached hydrogens (primary N) is 1. The first-order valence-corrected chi connectivity index (χ1v) is 4.48. The number of primary amides is 1. The molecule has 16 heavy (non-hydrogen) atoms. The van der Waals surface area contributed by atoms with Crippen LogP contribution in [0, 0.1) is 10.1 Å². The van der Waals surface area contributed by atoms with Crippen molar-refractivity contribution in [1.82, 2.24) is 0 Å². The minimum atomic E-state index is -0.859. The molecule has 1 aromatic carbocycles. The van der Waals surface area contributed by atoms with Crippen LogP contribution in [0.25, 0.3) is 0 Å². The number of carbonyl (C=O) groups is 1. The van der Waals surface area contributed by atoms with Crippen LogP contribution >= 0.6 is 12.8 Å². The van der Waals surface area contributed by atoms with E-state index in [9.17, 15) is 14.9 Å². The van der Waals surface area contributed by atoms with E-state index in [2.05, 4.69) is 12.8 Å². The zero-order valence-corrected chi connectivity index (χ0v) is 9.18. The van der Waals surface area contributed by atoms with Crippen molar-refractivity contribution in [1.29, 1.82) is 0 Å². The Morgan fingerprint density at radius 1 is 1.62 bits per heavy atom. The van der Waals surface area contributed by atoms with Crippen molar-refractivity contribution in [2.24, 2.45) is 5.73 Å². The summed E-state index contributed by atoms with van der Waals surface area (Å²) < 4.78 is 5.70. The minimum absolute atomic E-state index is 0.118. The van der Waals surface area contributed by atoms with Gasteiger partial charge >= 0.3 is 6.03 Å². The van der Waals surface area contributed by atoms with Gasteiger partial charge in [-0.25, -0.2) is 9.10 Å². The average Bonchev–Trinajstić information content (AvgIpc) is 2.26. The number of urea groups is 1. The molecule has 0 aliphatic rings. The Morgan fingerprint density at radius 3 is 2.69 bits per heavy atom. The van der Waals surface area contributed by atoms with Crippen molar-refractivity contribution in [3.05, 3.63) is 28.3 Å². The minimum Gasteiger partial charge on any atom is -0.495 e. The van der Waals surface area contributed by atoms with Crippen LogP contribution in [0.1, 0.15) is 0 Å². The predicted molar refractivity (Wildman–Crippen MR) is 60.7 cm³/mol. The topological polar surface area (TPSA) is 98.7 Å². The van der Waals surface area contributed by atoms with Gasteiger partial charge in [-0.15, -0.1) is 0 Å². The lowest BCUT2D eigenvalue weighted by Gasteiger charge is -2.15. The standard InChI is InChI=1S/C8H9N3O4S/c1-15-7-3-2-5(11(13)14)4-6(7)10(16)8(9)12/h2-4,16H,1H3,(H2,9,12). The van der Waals surface area contributed by atoms with Crippen molar-refractivity contribution >= 4 is 30.2 Å². The number of ether oxygens (including phenoxy) is 1. The van der Waals surface area contributed by atoms with E-state index in [4.69, 9.17) is 10.5 Å². The number of hydrogen-bond acceptors (Lipinski definition) is 5. The van der Waals surface area contributed by atoms with Gasteiger partial charge in [0.05, 0.1) is 12.0 Å². The second kappa shape index (κ2) is 4.71. The quantitative estimate of drug-likeness (QED) is 0.475. The first-order chi connectivity index (χ1) is 7.47. The predicted octanol–water partition coefficient (Wildman–Crippen LogP) is 1.33. The maximum atomic E-state index is 10.9. The second-order valence-electron chi connectivity index (χ2n) is 2.76. The molecule has 0 fully saturated rings. The number of carbonyl (C=O) groups excluding carboxylic acids is 1. The van der Waals surface area contributed by atoms with Gasteiger partial charge in [-0.1, -0.05) is 12.8 Å². The summed E-state index contributed by atoms with van der Waals surface area (Å²) in [6, 6.07) is 2.91. The normalized spacial score (nSPS) is 9.62. The summed E-state index contributed by atoms with van der Waals surface area (Å²) in [7, 11) is 1.37. The summed E-state index contributed by atoms with van der Waals surface area (Å²) >= 11 is 3.81. The third-order valence-corrected chi connectivity index (χ3v) is 2.22. The molecule has 0 spiro atoms. The van der Waals surface area contributed by atoms with E-state index in [1.807, 2.05) is 0 Å². The van der Waals surface area contributed by atoms with Gasteiger partial charge in [-0.2, -0.15) is 0 Å². The van der Waals surface area contributed by atoms with Crippen molar-refractivity contribution in [3.63, 3.8) is 0 Å². The highest BCUT2D eigenvalue weighted by Crippen LogP contribution is 2.32. The number of nitro benzene ring substituents is 1. The maximum Gasteiger partial charge on any atom is 0.329 e. The highest BCUT2D eigenvalue weighted by molar-refractivity contribution is 7.82. The zero-order chi connectivity index (χ0) is 12.3. The van der Waals surface area contributed by atoms with Crippen LogP contribution < -0.4 is 14.8 Å². The van der Waals surface area contributed by atoms with Crippen molar-refractivity contribution < 1.29 is 14.5 Å². The van der Waals surface area contributed by atoms with E-state index in [0.717, 1.165) is 10.4 Å². The summed E-state index contributed by atoms with van der Waals surface area (Å²) in [5, 5.41) is 10.6. The highest BCUT2D eigenvalue weighted by Gasteiger charge is 2.17. The Labute approximate surface area is 96.5 Å². The SMILES string of the molecule is COc1ccc([N+](=O)[O-])cc1N(S)C(N)=O. The lowest BCUT2D eigenvalue weighted by molar-refractivity contribution is -0.384. The lowest BCUT2D eigenvalue weighted by Crippen LogP contribution is -2.27. The fourth-order valence-corrected chi connectivity index (χ4v) is 1.23. The van der Waals surface area contributed by atoms with Gasteiger partial charge in [0.2, 0.25) is 0 Å². The molecule has 0 aliphatic carbocycles. The molecular formula is C8H9N3O4S. The Balaban J connectivity index is 3.27. The molecule has 8 heteroatoms. The monoisotopic (exact) mass is 243 g/mol. The molecule has 0 atom stereocenters. The maximum absolute atomic E-state index is 10.9. The number of thiol groups is 1. The Hall–Kier alpha value is -1.96. The Kier molecular flexibility index (Phi) is 3.56. The molecule has 2 N–H and O–H groups in total. The Bertz CT molecular complexity index is 437. The first kappa shape index (κ1) is 12.1. The van der Waals surface area contributed by atoms with Crippen molar-refractivity contribution in [2.75, 3.05) is 11.4 Å². The van der Waals surface area contributed by atoms with Crippen LogP contribution in [0.15, 0.2) is 18.2 Å². The molecule has 1 aromatic rings. The molecule has 0 radical (unpaired) electrons. The summed E-state index contributed by atoms with van der Waals surface area (Å²) in [4.78, 5) is 20.9. The van der Waals surface area contributed by atoms with E-state index in [1.54, 1.807) is 0 Å². The number of methoxy groups -OCH3 is 1. The van der Waals surface area contributed by atoms with Gasteiger partial charge in [-0.05, 0) is 6.07 Å². The third kappa shape index (κ3) is 2.34. The molecule has 0 bridgehead atoms. The summed E-state index contributed by atoms with van der Waals surface area (Å²) in [6.07, 6.45) is 0. The van der Waals surface area contributed by atoms with E-state index in [1.165, 1.54) is 19.2 Å². The van der Waals surface area contributed by atoms with Gasteiger partial charge < -0.3 is 10.5 Å². The fourth-order valence-electron chi connectivity index (χ4n) is 1.08. The number of nitro groups is 1. The van der Waals surface area contributed by atoms with E-state index in [-0.39, 0.29) is 17.1 Å². The molecule has 0 heterocycles. The smallest absolute Gasteiger partial charge is 0.329 e. The first-order valence-electron chi connectivity index (χ1n) is 4.08. The van der Waals surface area contributed by atoms with E-state index in [0.29, 0.717) is 0 Å². The average molecular weight is 243 g/mol. The van der Waals surface area contributed by atoms with Crippen LogP contribution in [-0.4, -0.2) is 18.1 Å². The lowest BCUT2D eigenvalue weighted by atomic mass is 10.2. The largest absolute Gasteiger partial charge is 0.495 e. The van der Waals surface area contributed by atoms with Crippen LogP contribution in [0.5, 0.6) is 5.75 Å².